The highest BCUT2D eigenvalue weighted by molar-refractivity contribution is 5.63. The monoisotopic (exact) mass is 387 g/mol. The van der Waals surface area contributed by atoms with Crippen molar-refractivity contribution in [1.29, 1.82) is 0 Å². The van der Waals surface area contributed by atoms with Crippen molar-refractivity contribution in [2.24, 2.45) is 0 Å². The highest BCUT2D eigenvalue weighted by atomic mass is 15.4. The zero-order valence-corrected chi connectivity index (χ0v) is 16.5. The van der Waals surface area contributed by atoms with Gasteiger partial charge in [-0.15, -0.1) is 10.2 Å². The molecule has 5 heterocycles. The van der Waals surface area contributed by atoms with Crippen LogP contribution in [-0.4, -0.2) is 45.3 Å². The SMILES string of the molecule is CC[C@@H]1c2nncn2-c2cnc(-n3ccnc3-c3cccnc3)nc2N1C(C)C. The minimum atomic E-state index is 0.105. The maximum absolute atomic E-state index is 4.96. The minimum absolute atomic E-state index is 0.105. The van der Waals surface area contributed by atoms with Gasteiger partial charge in [-0.1, -0.05) is 6.92 Å². The summed E-state index contributed by atoms with van der Waals surface area (Å²) in [6.07, 6.45) is 11.6. The van der Waals surface area contributed by atoms with Gasteiger partial charge in [0.15, 0.2) is 11.6 Å². The van der Waals surface area contributed by atoms with Crippen LogP contribution in [0, 0.1) is 0 Å². The third-order valence-electron chi connectivity index (χ3n) is 5.17. The lowest BCUT2D eigenvalue weighted by Gasteiger charge is -2.39. The number of fused-ring (bicyclic) bond motifs is 3. The van der Waals surface area contributed by atoms with Crippen LogP contribution in [0.2, 0.25) is 0 Å². The zero-order chi connectivity index (χ0) is 20.0. The van der Waals surface area contributed by atoms with Crippen molar-refractivity contribution in [3.05, 3.63) is 55.3 Å². The van der Waals surface area contributed by atoms with Gasteiger partial charge in [-0.3, -0.25) is 14.1 Å². The Kier molecular flexibility index (Phi) is 4.08. The van der Waals surface area contributed by atoms with Crippen molar-refractivity contribution < 1.29 is 0 Å². The van der Waals surface area contributed by atoms with Crippen LogP contribution in [0.25, 0.3) is 23.0 Å². The van der Waals surface area contributed by atoms with Crippen LogP contribution in [0.1, 0.15) is 39.1 Å². The van der Waals surface area contributed by atoms with Crippen molar-refractivity contribution >= 4 is 5.82 Å². The maximum Gasteiger partial charge on any atom is 0.237 e. The zero-order valence-electron chi connectivity index (χ0n) is 16.5. The number of imidazole rings is 1. The molecule has 1 atom stereocenters. The fourth-order valence-corrected chi connectivity index (χ4v) is 3.92. The van der Waals surface area contributed by atoms with Gasteiger partial charge in [-0.05, 0) is 32.4 Å². The van der Waals surface area contributed by atoms with E-state index in [-0.39, 0.29) is 12.1 Å². The molecule has 146 valence electrons. The predicted molar refractivity (Wildman–Crippen MR) is 108 cm³/mol. The van der Waals surface area contributed by atoms with Crippen molar-refractivity contribution in [2.45, 2.75) is 39.3 Å². The van der Waals surface area contributed by atoms with E-state index in [9.17, 15) is 0 Å². The summed E-state index contributed by atoms with van der Waals surface area (Å²) in [4.78, 5) is 20.6. The minimum Gasteiger partial charge on any atom is -0.342 e. The molecule has 0 bridgehead atoms. The molecule has 0 saturated carbocycles. The van der Waals surface area contributed by atoms with Gasteiger partial charge in [-0.25, -0.2) is 9.97 Å². The number of hydrogen-bond acceptors (Lipinski definition) is 7. The van der Waals surface area contributed by atoms with Crippen LogP contribution in [0.15, 0.2) is 49.4 Å². The third kappa shape index (κ3) is 2.69. The number of aromatic nitrogens is 8. The molecule has 0 N–H and O–H groups in total. The summed E-state index contributed by atoms with van der Waals surface area (Å²) in [6.45, 7) is 6.49. The molecular weight excluding hydrogens is 366 g/mol. The van der Waals surface area contributed by atoms with Gasteiger partial charge >= 0.3 is 0 Å². The highest BCUT2D eigenvalue weighted by Crippen LogP contribution is 2.39. The number of hydrogen-bond donors (Lipinski definition) is 0. The van der Waals surface area contributed by atoms with Crippen LogP contribution >= 0.6 is 0 Å². The number of anilines is 1. The molecule has 4 aromatic rings. The molecular formula is C20H21N9. The molecule has 5 rings (SSSR count). The second-order valence-electron chi connectivity index (χ2n) is 7.23. The van der Waals surface area contributed by atoms with Gasteiger partial charge in [0.1, 0.15) is 17.8 Å². The molecule has 0 spiro atoms. The fraction of sp³-hybridized carbons (Fsp3) is 0.300. The first-order chi connectivity index (χ1) is 14.2. The van der Waals surface area contributed by atoms with E-state index in [4.69, 9.17) is 4.98 Å². The van der Waals surface area contributed by atoms with Crippen molar-refractivity contribution in [3.8, 4) is 23.0 Å². The molecule has 29 heavy (non-hydrogen) atoms. The van der Waals surface area contributed by atoms with Crippen LogP contribution in [0.3, 0.4) is 0 Å². The lowest BCUT2D eigenvalue weighted by molar-refractivity contribution is 0.497. The Morgan fingerprint density at radius 3 is 2.76 bits per heavy atom. The van der Waals surface area contributed by atoms with Crippen LogP contribution in [-0.2, 0) is 0 Å². The van der Waals surface area contributed by atoms with E-state index in [0.29, 0.717) is 5.95 Å². The van der Waals surface area contributed by atoms with Gasteiger partial charge < -0.3 is 4.90 Å². The van der Waals surface area contributed by atoms with Gasteiger partial charge in [0, 0.05) is 36.4 Å². The summed E-state index contributed by atoms with van der Waals surface area (Å²) in [6, 6.07) is 4.21. The first kappa shape index (κ1) is 17.5. The van der Waals surface area contributed by atoms with Crippen LogP contribution < -0.4 is 4.90 Å². The lowest BCUT2D eigenvalue weighted by atomic mass is 10.1. The van der Waals surface area contributed by atoms with Gasteiger partial charge in [0.05, 0.1) is 12.2 Å². The molecule has 0 saturated heterocycles. The first-order valence-electron chi connectivity index (χ1n) is 9.68. The van der Waals surface area contributed by atoms with Crippen molar-refractivity contribution in [1.82, 2.24) is 39.3 Å². The maximum atomic E-state index is 4.96. The van der Waals surface area contributed by atoms with Gasteiger partial charge in [0.25, 0.3) is 0 Å². The van der Waals surface area contributed by atoms with E-state index >= 15 is 0 Å². The van der Waals surface area contributed by atoms with Gasteiger partial charge in [-0.2, -0.15) is 4.98 Å². The van der Waals surface area contributed by atoms with E-state index < -0.39 is 0 Å². The Hall–Kier alpha value is -3.62. The first-order valence-corrected chi connectivity index (χ1v) is 9.68. The molecule has 1 aliphatic rings. The summed E-state index contributed by atoms with van der Waals surface area (Å²) >= 11 is 0. The van der Waals surface area contributed by atoms with Crippen molar-refractivity contribution in [2.75, 3.05) is 4.90 Å². The van der Waals surface area contributed by atoms with Crippen molar-refractivity contribution in [3.63, 3.8) is 0 Å². The molecule has 0 unspecified atom stereocenters. The Bertz CT molecular complexity index is 1150. The Morgan fingerprint density at radius 2 is 2.00 bits per heavy atom. The number of rotatable bonds is 4. The summed E-state index contributed by atoms with van der Waals surface area (Å²) in [5.41, 5.74) is 1.79. The largest absolute Gasteiger partial charge is 0.342 e. The average molecular weight is 387 g/mol. The molecule has 1 aliphatic heterocycles. The number of nitrogens with zero attached hydrogens (tertiary/aromatic N) is 9. The van der Waals surface area contributed by atoms with Gasteiger partial charge in [0.2, 0.25) is 5.95 Å². The lowest BCUT2D eigenvalue weighted by Crippen LogP contribution is -2.40. The molecule has 0 fully saturated rings. The molecule has 0 radical (unpaired) electrons. The molecule has 4 aromatic heterocycles. The fourth-order valence-electron chi connectivity index (χ4n) is 3.92. The predicted octanol–water partition coefficient (Wildman–Crippen LogP) is 2.98. The molecule has 0 amide bonds. The van der Waals surface area contributed by atoms with E-state index in [1.165, 1.54) is 0 Å². The average Bonchev–Trinajstić information content (AvgIpc) is 3.42. The summed E-state index contributed by atoms with van der Waals surface area (Å²) in [5.74, 6) is 3.11. The van der Waals surface area contributed by atoms with E-state index in [2.05, 4.69) is 50.8 Å². The van der Waals surface area contributed by atoms with E-state index in [1.807, 2.05) is 33.7 Å². The molecule has 9 heteroatoms. The number of pyridine rings is 1. The normalized spacial score (nSPS) is 15.4. The second-order valence-corrected chi connectivity index (χ2v) is 7.23. The topological polar surface area (TPSA) is 90.4 Å². The van der Waals surface area contributed by atoms with E-state index in [0.717, 1.165) is 35.1 Å². The second kappa shape index (κ2) is 6.77. The summed E-state index contributed by atoms with van der Waals surface area (Å²) in [5, 5.41) is 8.49. The van der Waals surface area contributed by atoms with Crippen LogP contribution in [0.4, 0.5) is 5.82 Å². The summed E-state index contributed by atoms with van der Waals surface area (Å²) in [7, 11) is 0. The third-order valence-corrected chi connectivity index (χ3v) is 5.17. The smallest absolute Gasteiger partial charge is 0.237 e. The Morgan fingerprint density at radius 1 is 1.10 bits per heavy atom. The molecule has 9 nitrogen and oxygen atoms in total. The van der Waals surface area contributed by atoms with Crippen LogP contribution in [0.5, 0.6) is 0 Å². The molecule has 0 aromatic carbocycles. The van der Waals surface area contributed by atoms with E-state index in [1.54, 1.807) is 24.9 Å². The Labute approximate surface area is 168 Å². The summed E-state index contributed by atoms with van der Waals surface area (Å²) < 4.78 is 3.88. The quantitative estimate of drug-likeness (QED) is 0.532. The Balaban J connectivity index is 1.68. The highest BCUT2D eigenvalue weighted by Gasteiger charge is 2.35. The molecule has 0 aliphatic carbocycles. The standard InChI is InChI=1S/C20H21N9/c1-4-15-19-26-24-12-28(19)16-11-23-20(25-18(16)29(15)13(2)3)27-9-8-22-17(27)14-6-5-7-21-10-14/h5-13,15H,4H2,1-3H3/t15-/m1/s1.